The number of imidazole rings is 1. The van der Waals surface area contributed by atoms with Crippen LogP contribution in [0.25, 0.3) is 0 Å². The van der Waals surface area contributed by atoms with Crippen LogP contribution >= 0.6 is 0 Å². The van der Waals surface area contributed by atoms with Crippen LogP contribution < -0.4 is 5.32 Å². The van der Waals surface area contributed by atoms with Crippen LogP contribution in [0.1, 0.15) is 31.9 Å². The van der Waals surface area contributed by atoms with Gasteiger partial charge < -0.3 is 14.6 Å². The van der Waals surface area contributed by atoms with Gasteiger partial charge in [-0.25, -0.2) is 4.98 Å². The molecule has 94 valence electrons. The second-order valence-electron chi connectivity index (χ2n) is 5.55. The standard InChI is InChI=1S/C13H21N3O/c1-13(4-5-14-9-13)12-7-15-10-16(12)8-11-3-2-6-17-11/h7,10-11,14H,2-6,8-9H2,1H3. The Morgan fingerprint density at radius 1 is 1.65 bits per heavy atom. The molecule has 4 heteroatoms. The van der Waals surface area contributed by atoms with Gasteiger partial charge in [-0.15, -0.1) is 0 Å². The van der Waals surface area contributed by atoms with E-state index < -0.39 is 0 Å². The van der Waals surface area contributed by atoms with Crippen LogP contribution in [-0.4, -0.2) is 35.4 Å². The summed E-state index contributed by atoms with van der Waals surface area (Å²) in [5.74, 6) is 0. The number of ether oxygens (including phenoxy) is 1. The third-order valence-electron chi connectivity index (χ3n) is 4.12. The van der Waals surface area contributed by atoms with E-state index in [-0.39, 0.29) is 5.41 Å². The Bertz CT molecular complexity index is 376. The van der Waals surface area contributed by atoms with Gasteiger partial charge in [-0.2, -0.15) is 0 Å². The average Bonchev–Trinajstić information content (AvgIpc) is 3.00. The zero-order valence-electron chi connectivity index (χ0n) is 10.5. The first-order valence-corrected chi connectivity index (χ1v) is 6.61. The highest BCUT2D eigenvalue weighted by molar-refractivity contribution is 5.17. The Hall–Kier alpha value is -0.870. The molecular formula is C13H21N3O. The molecule has 1 N–H and O–H groups in total. The summed E-state index contributed by atoms with van der Waals surface area (Å²) in [6.45, 7) is 6.39. The van der Waals surface area contributed by atoms with Crippen molar-refractivity contribution in [3.8, 4) is 0 Å². The molecule has 2 aliphatic rings. The molecule has 0 bridgehead atoms. The molecule has 1 aromatic heterocycles. The summed E-state index contributed by atoms with van der Waals surface area (Å²) >= 11 is 0. The van der Waals surface area contributed by atoms with Gasteiger partial charge in [0.05, 0.1) is 19.0 Å². The fourth-order valence-corrected chi connectivity index (χ4v) is 3.01. The Labute approximate surface area is 102 Å². The molecule has 3 rings (SSSR count). The molecule has 0 aliphatic carbocycles. The van der Waals surface area contributed by atoms with Crippen molar-refractivity contribution < 1.29 is 4.74 Å². The molecule has 2 fully saturated rings. The van der Waals surface area contributed by atoms with E-state index in [1.165, 1.54) is 25.0 Å². The monoisotopic (exact) mass is 235 g/mol. The summed E-state index contributed by atoms with van der Waals surface area (Å²) < 4.78 is 8.01. The highest BCUT2D eigenvalue weighted by atomic mass is 16.5. The summed E-state index contributed by atoms with van der Waals surface area (Å²) in [5.41, 5.74) is 1.60. The van der Waals surface area contributed by atoms with Crippen LogP contribution in [0.2, 0.25) is 0 Å². The first-order chi connectivity index (χ1) is 8.28. The Morgan fingerprint density at radius 2 is 2.59 bits per heavy atom. The van der Waals surface area contributed by atoms with Crippen molar-refractivity contribution in [1.29, 1.82) is 0 Å². The number of hydrogen-bond donors (Lipinski definition) is 1. The minimum Gasteiger partial charge on any atom is -0.376 e. The Balaban J connectivity index is 1.78. The normalized spacial score (nSPS) is 33.4. The fraction of sp³-hybridized carbons (Fsp3) is 0.769. The maximum Gasteiger partial charge on any atom is 0.0949 e. The number of nitrogens with one attached hydrogen (secondary N) is 1. The van der Waals surface area contributed by atoms with Gasteiger partial charge in [-0.3, -0.25) is 0 Å². The molecule has 1 aromatic rings. The maximum absolute atomic E-state index is 5.71. The van der Waals surface area contributed by atoms with Crippen LogP contribution in [0.3, 0.4) is 0 Å². The van der Waals surface area contributed by atoms with Crippen molar-refractivity contribution in [3.63, 3.8) is 0 Å². The van der Waals surface area contributed by atoms with E-state index in [0.717, 1.165) is 26.2 Å². The second-order valence-corrected chi connectivity index (χ2v) is 5.55. The molecule has 0 amide bonds. The highest BCUT2D eigenvalue weighted by Gasteiger charge is 2.33. The summed E-state index contributed by atoms with van der Waals surface area (Å²) in [7, 11) is 0. The van der Waals surface area contributed by atoms with Gasteiger partial charge in [-0.1, -0.05) is 6.92 Å². The van der Waals surface area contributed by atoms with E-state index in [2.05, 4.69) is 21.8 Å². The van der Waals surface area contributed by atoms with Gasteiger partial charge in [0, 0.05) is 30.5 Å². The zero-order chi connectivity index (χ0) is 11.7. The molecule has 4 nitrogen and oxygen atoms in total. The van der Waals surface area contributed by atoms with E-state index >= 15 is 0 Å². The van der Waals surface area contributed by atoms with Crippen LogP contribution in [0, 0.1) is 0 Å². The topological polar surface area (TPSA) is 39.1 Å². The fourth-order valence-electron chi connectivity index (χ4n) is 3.01. The first-order valence-electron chi connectivity index (χ1n) is 6.61. The molecule has 2 aliphatic heterocycles. The summed E-state index contributed by atoms with van der Waals surface area (Å²) in [4.78, 5) is 4.33. The Kier molecular flexibility index (Phi) is 2.92. The summed E-state index contributed by atoms with van der Waals surface area (Å²) in [6, 6.07) is 0. The van der Waals surface area contributed by atoms with Crippen molar-refractivity contribution in [2.75, 3.05) is 19.7 Å². The predicted octanol–water partition coefficient (Wildman–Crippen LogP) is 1.31. The zero-order valence-corrected chi connectivity index (χ0v) is 10.5. The third-order valence-corrected chi connectivity index (χ3v) is 4.12. The largest absolute Gasteiger partial charge is 0.376 e. The first kappa shape index (κ1) is 11.2. The molecule has 2 unspecified atom stereocenters. The smallest absolute Gasteiger partial charge is 0.0949 e. The van der Waals surface area contributed by atoms with Gasteiger partial charge in [0.2, 0.25) is 0 Å². The lowest BCUT2D eigenvalue weighted by molar-refractivity contribution is 0.0956. The molecule has 17 heavy (non-hydrogen) atoms. The lowest BCUT2D eigenvalue weighted by atomic mass is 9.86. The van der Waals surface area contributed by atoms with E-state index in [0.29, 0.717) is 6.10 Å². The number of aromatic nitrogens is 2. The lowest BCUT2D eigenvalue weighted by Crippen LogP contribution is -2.29. The molecule has 0 aromatic carbocycles. The van der Waals surface area contributed by atoms with E-state index in [4.69, 9.17) is 4.74 Å². The van der Waals surface area contributed by atoms with Crippen LogP contribution in [0.15, 0.2) is 12.5 Å². The van der Waals surface area contributed by atoms with Gasteiger partial charge in [0.1, 0.15) is 0 Å². The second kappa shape index (κ2) is 4.42. The number of nitrogens with zero attached hydrogens (tertiary/aromatic N) is 2. The highest BCUT2D eigenvalue weighted by Crippen LogP contribution is 2.30. The molecule has 3 heterocycles. The van der Waals surface area contributed by atoms with Crippen molar-refractivity contribution in [2.24, 2.45) is 0 Å². The summed E-state index contributed by atoms with van der Waals surface area (Å²) in [6.07, 6.45) is 7.97. The number of hydrogen-bond acceptors (Lipinski definition) is 3. The minimum atomic E-state index is 0.245. The lowest BCUT2D eigenvalue weighted by Gasteiger charge is -2.25. The van der Waals surface area contributed by atoms with Gasteiger partial charge in [0.15, 0.2) is 0 Å². The molecule has 0 saturated carbocycles. The van der Waals surface area contributed by atoms with Crippen LogP contribution in [0.5, 0.6) is 0 Å². The maximum atomic E-state index is 5.71. The summed E-state index contributed by atoms with van der Waals surface area (Å²) in [5, 5.41) is 3.45. The predicted molar refractivity (Wildman–Crippen MR) is 66.0 cm³/mol. The van der Waals surface area contributed by atoms with Crippen molar-refractivity contribution in [1.82, 2.24) is 14.9 Å². The molecule has 0 spiro atoms. The average molecular weight is 235 g/mol. The minimum absolute atomic E-state index is 0.245. The van der Waals surface area contributed by atoms with Gasteiger partial charge in [0.25, 0.3) is 0 Å². The van der Waals surface area contributed by atoms with Crippen molar-refractivity contribution in [2.45, 2.75) is 44.2 Å². The van der Waals surface area contributed by atoms with Crippen molar-refractivity contribution in [3.05, 3.63) is 18.2 Å². The van der Waals surface area contributed by atoms with E-state index in [9.17, 15) is 0 Å². The SMILES string of the molecule is CC1(c2cncn2CC2CCCO2)CCNC1. The molecule has 2 saturated heterocycles. The van der Waals surface area contributed by atoms with E-state index in [1.54, 1.807) is 0 Å². The third kappa shape index (κ3) is 2.11. The Morgan fingerprint density at radius 3 is 3.29 bits per heavy atom. The number of rotatable bonds is 3. The molecule has 0 radical (unpaired) electrons. The van der Waals surface area contributed by atoms with E-state index in [1.807, 2.05) is 12.5 Å². The quantitative estimate of drug-likeness (QED) is 0.858. The molecule has 2 atom stereocenters. The van der Waals surface area contributed by atoms with Crippen LogP contribution in [0.4, 0.5) is 0 Å². The molecular weight excluding hydrogens is 214 g/mol. The van der Waals surface area contributed by atoms with Gasteiger partial charge >= 0.3 is 0 Å². The van der Waals surface area contributed by atoms with Gasteiger partial charge in [-0.05, 0) is 25.8 Å². The van der Waals surface area contributed by atoms with Crippen LogP contribution in [-0.2, 0) is 16.7 Å². The van der Waals surface area contributed by atoms with Crippen molar-refractivity contribution >= 4 is 0 Å².